The van der Waals surface area contributed by atoms with Crippen LogP contribution >= 0.6 is 0 Å². The van der Waals surface area contributed by atoms with Crippen LogP contribution in [-0.2, 0) is 6.42 Å². The number of piperazine rings is 1. The van der Waals surface area contributed by atoms with Gasteiger partial charge in [-0.25, -0.2) is 4.79 Å². The molecular weight excluding hydrogens is 400 g/mol. The summed E-state index contributed by atoms with van der Waals surface area (Å²) in [4.78, 5) is 21.1. The van der Waals surface area contributed by atoms with Crippen LogP contribution in [0.4, 0.5) is 5.69 Å². The lowest BCUT2D eigenvalue weighted by atomic mass is 10.0. The third-order valence-corrected chi connectivity index (χ3v) is 5.92. The van der Waals surface area contributed by atoms with Gasteiger partial charge in [-0.2, -0.15) is 0 Å². The van der Waals surface area contributed by atoms with E-state index < -0.39 is 5.97 Å². The van der Waals surface area contributed by atoms with Crippen molar-refractivity contribution < 1.29 is 9.90 Å². The van der Waals surface area contributed by atoms with Crippen molar-refractivity contribution in [2.45, 2.75) is 39.7 Å². The first kappa shape index (κ1) is 23.8. The van der Waals surface area contributed by atoms with Gasteiger partial charge in [0.2, 0.25) is 0 Å². The van der Waals surface area contributed by atoms with Gasteiger partial charge < -0.3 is 15.3 Å². The molecule has 172 valence electrons. The molecule has 2 aromatic carbocycles. The number of rotatable bonds is 8. The van der Waals surface area contributed by atoms with E-state index in [1.807, 2.05) is 24.3 Å². The summed E-state index contributed by atoms with van der Waals surface area (Å²) in [6.07, 6.45) is 2.07. The van der Waals surface area contributed by atoms with E-state index in [1.165, 1.54) is 12.0 Å². The summed E-state index contributed by atoms with van der Waals surface area (Å²) in [5.74, 6) is 0.588. The normalized spacial score (nSPS) is 16.2. The lowest BCUT2D eigenvalue weighted by Gasteiger charge is -2.40. The average molecular weight is 437 g/mol. The van der Waals surface area contributed by atoms with Crippen molar-refractivity contribution in [3.63, 3.8) is 0 Å². The first-order valence-electron chi connectivity index (χ1n) is 11.6. The molecule has 6 nitrogen and oxygen atoms in total. The van der Waals surface area contributed by atoms with E-state index >= 15 is 0 Å². The van der Waals surface area contributed by atoms with E-state index in [0.717, 1.165) is 44.2 Å². The third kappa shape index (κ3) is 7.09. The smallest absolute Gasteiger partial charge is 0.335 e. The number of carbonyl (C=O) groups is 1. The maximum absolute atomic E-state index is 11.4. The summed E-state index contributed by atoms with van der Waals surface area (Å²) >= 11 is 0. The molecule has 0 unspecified atom stereocenters. The highest BCUT2D eigenvalue weighted by atomic mass is 16.4. The predicted octanol–water partition coefficient (Wildman–Crippen LogP) is 4.45. The second-order valence-electron chi connectivity index (χ2n) is 8.95. The number of carboxylic acid groups (broad SMARTS) is 1. The first-order valence-corrected chi connectivity index (χ1v) is 11.6. The maximum atomic E-state index is 11.4. The highest BCUT2D eigenvalue weighted by molar-refractivity contribution is 5.95. The van der Waals surface area contributed by atoms with Gasteiger partial charge in [0.05, 0.1) is 5.56 Å². The number of nitrogens with zero attached hydrogens (tertiary/aromatic N) is 3. The van der Waals surface area contributed by atoms with Crippen molar-refractivity contribution in [1.29, 1.82) is 0 Å². The van der Waals surface area contributed by atoms with Crippen LogP contribution in [0.2, 0.25) is 0 Å². The molecule has 2 N–H and O–H groups in total. The van der Waals surface area contributed by atoms with Crippen LogP contribution in [-0.4, -0.2) is 65.6 Å². The second kappa shape index (κ2) is 11.7. The Labute approximate surface area is 192 Å². The number of guanidine groups is 1. The van der Waals surface area contributed by atoms with Crippen LogP contribution in [0.5, 0.6) is 0 Å². The molecule has 3 rings (SSSR count). The number of aromatic carboxylic acids is 1. The molecule has 1 aliphatic rings. The molecule has 1 atom stereocenters. The largest absolute Gasteiger partial charge is 0.478 e. The van der Waals surface area contributed by atoms with Gasteiger partial charge >= 0.3 is 5.97 Å². The van der Waals surface area contributed by atoms with Crippen molar-refractivity contribution >= 4 is 17.6 Å². The minimum absolute atomic E-state index is 0.269. The van der Waals surface area contributed by atoms with Gasteiger partial charge in [0.1, 0.15) is 0 Å². The number of hydrogen-bond donors (Lipinski definition) is 2. The van der Waals surface area contributed by atoms with Gasteiger partial charge in [-0.15, -0.1) is 0 Å². The maximum Gasteiger partial charge on any atom is 0.335 e. The molecule has 1 heterocycles. The van der Waals surface area contributed by atoms with Crippen molar-refractivity contribution in [3.8, 4) is 0 Å². The lowest BCUT2D eigenvalue weighted by molar-refractivity contribution is 0.0697. The quantitative estimate of drug-likeness (QED) is 0.473. The fourth-order valence-electron chi connectivity index (χ4n) is 4.22. The molecule has 6 heteroatoms. The molecule has 1 fully saturated rings. The van der Waals surface area contributed by atoms with E-state index in [9.17, 15) is 9.90 Å². The summed E-state index contributed by atoms with van der Waals surface area (Å²) in [5, 5.41) is 12.7. The highest BCUT2D eigenvalue weighted by Gasteiger charge is 2.23. The van der Waals surface area contributed by atoms with Crippen molar-refractivity contribution in [2.24, 2.45) is 10.9 Å². The Bertz CT molecular complexity index is 890. The molecule has 0 aliphatic carbocycles. The highest BCUT2D eigenvalue weighted by Crippen LogP contribution is 2.16. The van der Waals surface area contributed by atoms with E-state index in [2.05, 4.69) is 48.0 Å². The van der Waals surface area contributed by atoms with Gasteiger partial charge in [0, 0.05) is 44.5 Å². The van der Waals surface area contributed by atoms with Gasteiger partial charge in [0.25, 0.3) is 0 Å². The second-order valence-corrected chi connectivity index (χ2v) is 8.95. The molecule has 0 bridgehead atoms. The van der Waals surface area contributed by atoms with E-state index in [1.54, 1.807) is 18.2 Å². The van der Waals surface area contributed by atoms with Gasteiger partial charge in [0.15, 0.2) is 5.96 Å². The van der Waals surface area contributed by atoms with Crippen molar-refractivity contribution in [3.05, 3.63) is 65.7 Å². The standard InChI is InChI=1S/C26H36N4O2/c1-20(2)18-21(3)29-14-16-30(17-15-29)26(27-13-12-22-8-5-4-6-9-22)28-24-11-7-10-23(19-24)25(31)32/h4-11,19-21H,12-18H2,1-3H3,(H,27,28)(H,31,32)/t21-/m1/s1. The number of nitrogens with one attached hydrogen (secondary N) is 1. The molecule has 0 radical (unpaired) electrons. The fourth-order valence-corrected chi connectivity index (χ4v) is 4.22. The van der Waals surface area contributed by atoms with E-state index in [-0.39, 0.29) is 5.56 Å². The molecule has 0 spiro atoms. The average Bonchev–Trinajstić information content (AvgIpc) is 2.79. The van der Waals surface area contributed by atoms with Crippen LogP contribution in [0, 0.1) is 5.92 Å². The molecule has 0 saturated carbocycles. The van der Waals surface area contributed by atoms with Crippen LogP contribution in [0.3, 0.4) is 0 Å². The number of anilines is 1. The Morgan fingerprint density at radius 3 is 2.41 bits per heavy atom. The monoisotopic (exact) mass is 436 g/mol. The van der Waals surface area contributed by atoms with Crippen LogP contribution in [0.1, 0.15) is 43.1 Å². The van der Waals surface area contributed by atoms with E-state index in [0.29, 0.717) is 18.5 Å². The van der Waals surface area contributed by atoms with Crippen LogP contribution in [0.25, 0.3) is 0 Å². The molecule has 1 saturated heterocycles. The Morgan fingerprint density at radius 2 is 1.75 bits per heavy atom. The van der Waals surface area contributed by atoms with Crippen molar-refractivity contribution in [2.75, 3.05) is 38.0 Å². The molecular formula is C26H36N4O2. The Balaban J connectivity index is 1.70. The lowest BCUT2D eigenvalue weighted by Crippen LogP contribution is -2.53. The zero-order valence-corrected chi connectivity index (χ0v) is 19.5. The summed E-state index contributed by atoms with van der Waals surface area (Å²) < 4.78 is 0. The van der Waals surface area contributed by atoms with Gasteiger partial charge in [-0.05, 0) is 49.4 Å². The fraction of sp³-hybridized carbons (Fsp3) is 0.462. The third-order valence-electron chi connectivity index (χ3n) is 5.92. The van der Waals surface area contributed by atoms with E-state index in [4.69, 9.17) is 4.99 Å². The topological polar surface area (TPSA) is 68.2 Å². The van der Waals surface area contributed by atoms with Crippen LogP contribution < -0.4 is 5.32 Å². The Hall–Kier alpha value is -2.86. The number of carboxylic acids is 1. The Morgan fingerprint density at radius 1 is 1.03 bits per heavy atom. The van der Waals surface area contributed by atoms with Gasteiger partial charge in [-0.3, -0.25) is 9.89 Å². The molecule has 0 amide bonds. The SMILES string of the molecule is CC(C)C[C@@H](C)N1CCN(C(=NCCc2ccccc2)Nc2cccc(C(=O)O)c2)CC1. The summed E-state index contributed by atoms with van der Waals surface area (Å²) in [6.45, 7) is 11.4. The summed E-state index contributed by atoms with van der Waals surface area (Å²) in [6, 6.07) is 17.9. The Kier molecular flexibility index (Phi) is 8.68. The first-order chi connectivity index (χ1) is 15.4. The number of hydrogen-bond acceptors (Lipinski definition) is 3. The van der Waals surface area contributed by atoms with Crippen molar-refractivity contribution in [1.82, 2.24) is 9.80 Å². The summed E-state index contributed by atoms with van der Waals surface area (Å²) in [5.41, 5.74) is 2.28. The predicted molar refractivity (Wildman–Crippen MR) is 132 cm³/mol. The van der Waals surface area contributed by atoms with Crippen LogP contribution in [0.15, 0.2) is 59.6 Å². The minimum Gasteiger partial charge on any atom is -0.478 e. The molecule has 32 heavy (non-hydrogen) atoms. The molecule has 1 aliphatic heterocycles. The zero-order valence-electron chi connectivity index (χ0n) is 19.5. The minimum atomic E-state index is -0.927. The summed E-state index contributed by atoms with van der Waals surface area (Å²) in [7, 11) is 0. The molecule has 2 aromatic rings. The zero-order chi connectivity index (χ0) is 22.9. The molecule has 0 aromatic heterocycles. The number of aliphatic imine (C=N–C) groups is 1. The van der Waals surface area contributed by atoms with Gasteiger partial charge in [-0.1, -0.05) is 50.2 Å². The number of benzene rings is 2.